The summed E-state index contributed by atoms with van der Waals surface area (Å²) in [5.74, 6) is -1.04. The van der Waals surface area contributed by atoms with Crippen LogP contribution in [-0.2, 0) is 28.6 Å². The van der Waals surface area contributed by atoms with Crippen LogP contribution in [0.2, 0.25) is 0 Å². The van der Waals surface area contributed by atoms with E-state index >= 15 is 0 Å². The molecule has 0 aliphatic rings. The second kappa shape index (κ2) is 55.9. The van der Waals surface area contributed by atoms with Crippen molar-refractivity contribution < 1.29 is 28.6 Å². The third-order valence-corrected chi connectivity index (χ3v) is 10.8. The fourth-order valence-electron chi connectivity index (χ4n) is 6.77. The number of hydrogen-bond donors (Lipinski definition) is 0. The number of hydrogen-bond acceptors (Lipinski definition) is 6. The standard InChI is InChI=1S/C63H98O6/c1-4-7-10-13-16-19-22-25-28-30-31-33-35-38-41-44-47-50-53-56-62(65)68-59-60(58-67-61(64)55-52-49-46-43-40-37-34-27-24-21-18-15-12-9-6-3)69-63(66)57-54-51-48-45-42-39-36-32-29-26-23-20-17-14-11-8-5-2/h7,9-10,12,16-21,25-29,31,33-34,36,38-39,41,45,48,60H,4-6,8,11,13-15,22-24,30,32,35,37,40,42-44,46-47,49-59H2,1-3H3/t60-/m1/s1. The van der Waals surface area contributed by atoms with Gasteiger partial charge in [0.2, 0.25) is 0 Å². The summed E-state index contributed by atoms with van der Waals surface area (Å²) >= 11 is 0. The molecule has 0 radical (unpaired) electrons. The summed E-state index contributed by atoms with van der Waals surface area (Å²) in [6, 6.07) is 0. The second-order valence-electron chi connectivity index (χ2n) is 17.4. The Morgan fingerprint density at radius 2 is 0.580 bits per heavy atom. The number of ether oxygens (including phenoxy) is 3. The van der Waals surface area contributed by atoms with E-state index in [1.54, 1.807) is 0 Å². The van der Waals surface area contributed by atoms with Gasteiger partial charge in [-0.2, -0.15) is 0 Å². The van der Waals surface area contributed by atoms with E-state index in [4.69, 9.17) is 14.2 Å². The molecular weight excluding hydrogens is 853 g/mol. The molecule has 0 saturated heterocycles. The van der Waals surface area contributed by atoms with Gasteiger partial charge in [0.05, 0.1) is 0 Å². The molecule has 0 aliphatic heterocycles. The molecule has 6 heteroatoms. The first-order valence-corrected chi connectivity index (χ1v) is 27.3. The van der Waals surface area contributed by atoms with E-state index in [2.05, 4.69) is 167 Å². The van der Waals surface area contributed by atoms with Crippen molar-refractivity contribution in [3.63, 3.8) is 0 Å². The molecular formula is C63H98O6. The maximum atomic E-state index is 12.8. The van der Waals surface area contributed by atoms with Crippen molar-refractivity contribution in [2.24, 2.45) is 0 Å². The molecule has 0 amide bonds. The Balaban J connectivity index is 4.59. The number of allylic oxidation sites excluding steroid dienone is 24. The molecule has 0 heterocycles. The topological polar surface area (TPSA) is 78.9 Å². The van der Waals surface area contributed by atoms with Gasteiger partial charge in [-0.05, 0) is 135 Å². The molecule has 386 valence electrons. The lowest BCUT2D eigenvalue weighted by molar-refractivity contribution is -0.167. The van der Waals surface area contributed by atoms with Crippen LogP contribution in [0.4, 0.5) is 0 Å². The van der Waals surface area contributed by atoms with Gasteiger partial charge in [-0.1, -0.05) is 205 Å². The maximum Gasteiger partial charge on any atom is 0.306 e. The molecule has 0 rings (SSSR count). The largest absolute Gasteiger partial charge is 0.462 e. The van der Waals surface area contributed by atoms with E-state index in [1.807, 2.05) is 0 Å². The first kappa shape index (κ1) is 64.3. The minimum atomic E-state index is -0.835. The fourth-order valence-corrected chi connectivity index (χ4v) is 6.77. The summed E-state index contributed by atoms with van der Waals surface area (Å²) in [5.41, 5.74) is 0. The Hall–Kier alpha value is -4.71. The Labute approximate surface area is 423 Å². The van der Waals surface area contributed by atoms with Crippen molar-refractivity contribution in [2.45, 2.75) is 219 Å². The third kappa shape index (κ3) is 54.1. The van der Waals surface area contributed by atoms with Crippen LogP contribution in [-0.4, -0.2) is 37.2 Å². The molecule has 0 aromatic carbocycles. The van der Waals surface area contributed by atoms with Crippen molar-refractivity contribution in [2.75, 3.05) is 13.2 Å². The monoisotopic (exact) mass is 951 g/mol. The zero-order chi connectivity index (χ0) is 50.0. The highest BCUT2D eigenvalue weighted by molar-refractivity contribution is 5.71. The Morgan fingerprint density at radius 3 is 0.942 bits per heavy atom. The van der Waals surface area contributed by atoms with Crippen LogP contribution < -0.4 is 0 Å². The van der Waals surface area contributed by atoms with Gasteiger partial charge in [0.25, 0.3) is 0 Å². The van der Waals surface area contributed by atoms with Gasteiger partial charge < -0.3 is 14.2 Å². The first-order chi connectivity index (χ1) is 34.0. The summed E-state index contributed by atoms with van der Waals surface area (Å²) in [6.45, 7) is 6.27. The summed E-state index contributed by atoms with van der Waals surface area (Å²) in [5, 5.41) is 0. The summed E-state index contributed by atoms with van der Waals surface area (Å²) in [6.07, 6.45) is 79.8. The van der Waals surface area contributed by atoms with Gasteiger partial charge in [0.15, 0.2) is 6.10 Å². The van der Waals surface area contributed by atoms with Gasteiger partial charge >= 0.3 is 17.9 Å². The Morgan fingerprint density at radius 1 is 0.304 bits per heavy atom. The quantitative estimate of drug-likeness (QED) is 0.0262. The van der Waals surface area contributed by atoms with Crippen LogP contribution in [0.25, 0.3) is 0 Å². The van der Waals surface area contributed by atoms with Gasteiger partial charge in [0.1, 0.15) is 13.2 Å². The van der Waals surface area contributed by atoms with Gasteiger partial charge in [-0.3, -0.25) is 14.4 Å². The first-order valence-electron chi connectivity index (χ1n) is 27.3. The summed E-state index contributed by atoms with van der Waals surface area (Å²) in [4.78, 5) is 38.1. The third-order valence-electron chi connectivity index (χ3n) is 10.8. The predicted molar refractivity (Wildman–Crippen MR) is 297 cm³/mol. The molecule has 69 heavy (non-hydrogen) atoms. The zero-order valence-electron chi connectivity index (χ0n) is 44.0. The van der Waals surface area contributed by atoms with Crippen LogP contribution in [0.1, 0.15) is 213 Å². The highest BCUT2D eigenvalue weighted by Crippen LogP contribution is 2.11. The van der Waals surface area contributed by atoms with Crippen molar-refractivity contribution >= 4 is 17.9 Å². The SMILES string of the molecule is CCC=CCC=CCC=CCC=CCC=CCCCCCC(=O)OC[C@@H](COC(=O)CCCCCCCC=CCC=CCC=CCC)OC(=O)CCCC=CCC=CCC=CCC=CCCCCC. The minimum Gasteiger partial charge on any atom is -0.462 e. The van der Waals surface area contributed by atoms with Crippen molar-refractivity contribution in [3.05, 3.63) is 146 Å². The zero-order valence-corrected chi connectivity index (χ0v) is 44.0. The number of esters is 3. The molecule has 0 saturated carbocycles. The highest BCUT2D eigenvalue weighted by Gasteiger charge is 2.19. The molecule has 0 aromatic rings. The lowest BCUT2D eigenvalue weighted by Gasteiger charge is -2.18. The average Bonchev–Trinajstić information content (AvgIpc) is 3.35. The molecule has 0 aliphatic carbocycles. The lowest BCUT2D eigenvalue weighted by Crippen LogP contribution is -2.30. The lowest BCUT2D eigenvalue weighted by atomic mass is 10.1. The van der Waals surface area contributed by atoms with E-state index in [-0.39, 0.29) is 37.5 Å². The van der Waals surface area contributed by atoms with Crippen LogP contribution in [0.3, 0.4) is 0 Å². The number of unbranched alkanes of at least 4 members (excludes halogenated alkanes) is 12. The molecule has 0 spiro atoms. The van der Waals surface area contributed by atoms with Crippen LogP contribution in [0, 0.1) is 0 Å². The van der Waals surface area contributed by atoms with Crippen LogP contribution >= 0.6 is 0 Å². The van der Waals surface area contributed by atoms with Crippen molar-refractivity contribution in [3.8, 4) is 0 Å². The molecule has 0 unspecified atom stereocenters. The highest BCUT2D eigenvalue weighted by atomic mass is 16.6. The smallest absolute Gasteiger partial charge is 0.306 e. The molecule has 0 aromatic heterocycles. The molecule has 0 N–H and O–H groups in total. The van der Waals surface area contributed by atoms with Crippen molar-refractivity contribution in [1.29, 1.82) is 0 Å². The fraction of sp³-hybridized carbons (Fsp3) is 0.571. The Kier molecular flexibility index (Phi) is 52.1. The van der Waals surface area contributed by atoms with Gasteiger partial charge in [0, 0.05) is 19.3 Å². The van der Waals surface area contributed by atoms with E-state index in [0.717, 1.165) is 141 Å². The van der Waals surface area contributed by atoms with Gasteiger partial charge in [-0.25, -0.2) is 0 Å². The predicted octanol–water partition coefficient (Wildman–Crippen LogP) is 18.4. The van der Waals surface area contributed by atoms with Crippen LogP contribution in [0.15, 0.2) is 146 Å². The molecule has 1 atom stereocenters. The number of carbonyl (C=O) groups excluding carboxylic acids is 3. The van der Waals surface area contributed by atoms with Crippen molar-refractivity contribution in [1.82, 2.24) is 0 Å². The van der Waals surface area contributed by atoms with E-state index in [0.29, 0.717) is 19.3 Å². The number of rotatable bonds is 47. The average molecular weight is 951 g/mol. The maximum absolute atomic E-state index is 12.8. The number of carbonyl (C=O) groups is 3. The Bertz CT molecular complexity index is 1560. The molecule has 0 bridgehead atoms. The van der Waals surface area contributed by atoms with E-state index in [1.165, 1.54) is 25.7 Å². The molecule has 6 nitrogen and oxygen atoms in total. The summed E-state index contributed by atoms with van der Waals surface area (Å²) < 4.78 is 16.7. The second-order valence-corrected chi connectivity index (χ2v) is 17.4. The van der Waals surface area contributed by atoms with E-state index in [9.17, 15) is 14.4 Å². The molecule has 0 fully saturated rings. The van der Waals surface area contributed by atoms with E-state index < -0.39 is 6.10 Å². The normalized spacial score (nSPS) is 13.3. The minimum absolute atomic E-state index is 0.126. The van der Waals surface area contributed by atoms with Crippen LogP contribution in [0.5, 0.6) is 0 Å². The van der Waals surface area contributed by atoms with Gasteiger partial charge in [-0.15, -0.1) is 0 Å². The summed E-state index contributed by atoms with van der Waals surface area (Å²) in [7, 11) is 0.